The van der Waals surface area contributed by atoms with Gasteiger partial charge in [-0.15, -0.1) is 0 Å². The molecule has 0 aliphatic carbocycles. The fourth-order valence-corrected chi connectivity index (χ4v) is 2.26. The average Bonchev–Trinajstić information content (AvgIpc) is 2.96. The fraction of sp³-hybridized carbons (Fsp3) is 0.200. The van der Waals surface area contributed by atoms with E-state index in [9.17, 15) is 10.2 Å². The number of hydrogen-bond donors (Lipinski definition) is 4. The Kier molecular flexibility index (Phi) is 3.45. The highest BCUT2D eigenvalue weighted by molar-refractivity contribution is 5.81. The molecule has 6 nitrogen and oxygen atoms in total. The highest BCUT2D eigenvalue weighted by atomic mass is 16.3. The maximum Gasteiger partial charge on any atom is 0.142 e. The van der Waals surface area contributed by atoms with E-state index < -0.39 is 0 Å². The number of nitrogens with zero attached hydrogens (tertiary/aromatic N) is 2. The van der Waals surface area contributed by atoms with Gasteiger partial charge in [0.1, 0.15) is 5.75 Å². The number of rotatable bonds is 4. The van der Waals surface area contributed by atoms with Crippen molar-refractivity contribution in [1.29, 1.82) is 0 Å². The summed E-state index contributed by atoms with van der Waals surface area (Å²) in [6, 6.07) is 5.86. The second-order valence-corrected chi connectivity index (χ2v) is 4.88. The van der Waals surface area contributed by atoms with Gasteiger partial charge in [0, 0.05) is 34.9 Å². The summed E-state index contributed by atoms with van der Waals surface area (Å²) in [5.41, 5.74) is 3.68. The Balaban J connectivity index is 1.85. The van der Waals surface area contributed by atoms with Crippen molar-refractivity contribution in [1.82, 2.24) is 15.2 Å². The van der Waals surface area contributed by atoms with E-state index in [1.54, 1.807) is 19.3 Å². The highest BCUT2D eigenvalue weighted by Crippen LogP contribution is 2.25. The Labute approximate surface area is 121 Å². The van der Waals surface area contributed by atoms with Crippen LogP contribution in [0.1, 0.15) is 16.8 Å². The lowest BCUT2D eigenvalue weighted by molar-refractivity contribution is 0.279. The number of aryl methyl sites for hydroxylation is 1. The number of pyridine rings is 1. The lowest BCUT2D eigenvalue weighted by Crippen LogP contribution is -2.05. The van der Waals surface area contributed by atoms with Gasteiger partial charge in [-0.05, 0) is 25.1 Å². The van der Waals surface area contributed by atoms with Crippen LogP contribution in [0.4, 0.5) is 5.69 Å². The van der Waals surface area contributed by atoms with Crippen molar-refractivity contribution in [3.05, 3.63) is 47.4 Å². The normalized spacial score (nSPS) is 11.0. The molecule has 0 fully saturated rings. The van der Waals surface area contributed by atoms with Gasteiger partial charge in [0.25, 0.3) is 0 Å². The van der Waals surface area contributed by atoms with E-state index >= 15 is 0 Å². The van der Waals surface area contributed by atoms with Crippen molar-refractivity contribution in [3.8, 4) is 5.75 Å². The summed E-state index contributed by atoms with van der Waals surface area (Å²) in [5, 5.41) is 30.6. The van der Waals surface area contributed by atoms with Crippen molar-refractivity contribution in [3.63, 3.8) is 0 Å². The topological polar surface area (TPSA) is 94.1 Å². The molecule has 0 bridgehead atoms. The largest absolute Gasteiger partial charge is 0.506 e. The summed E-state index contributed by atoms with van der Waals surface area (Å²) >= 11 is 0. The first-order chi connectivity index (χ1) is 10.2. The molecule has 0 saturated heterocycles. The Morgan fingerprint density at radius 2 is 2.14 bits per heavy atom. The van der Waals surface area contributed by atoms with E-state index in [2.05, 4.69) is 20.5 Å². The molecule has 21 heavy (non-hydrogen) atoms. The minimum atomic E-state index is -0.155. The quantitative estimate of drug-likeness (QED) is 0.588. The van der Waals surface area contributed by atoms with Crippen LogP contribution in [0.5, 0.6) is 5.75 Å². The van der Waals surface area contributed by atoms with Gasteiger partial charge in [0.05, 0.1) is 24.0 Å². The molecule has 1 aromatic carbocycles. The van der Waals surface area contributed by atoms with Crippen LogP contribution in [0.15, 0.2) is 30.6 Å². The number of anilines is 1. The molecule has 0 amide bonds. The molecule has 0 aliphatic heterocycles. The Hall–Kier alpha value is -2.60. The second-order valence-electron chi connectivity index (χ2n) is 4.88. The third kappa shape index (κ3) is 2.53. The van der Waals surface area contributed by atoms with Crippen molar-refractivity contribution in [2.45, 2.75) is 20.1 Å². The molecule has 108 valence electrons. The molecule has 0 saturated carbocycles. The molecule has 2 aromatic heterocycles. The minimum absolute atomic E-state index is 0.122. The summed E-state index contributed by atoms with van der Waals surface area (Å²) in [5.74, 6) is 0.122. The zero-order valence-electron chi connectivity index (χ0n) is 11.6. The van der Waals surface area contributed by atoms with Crippen LogP contribution in [0, 0.1) is 6.92 Å². The first-order valence-corrected chi connectivity index (χ1v) is 6.63. The van der Waals surface area contributed by atoms with Crippen LogP contribution in [0.2, 0.25) is 0 Å². The van der Waals surface area contributed by atoms with Crippen LogP contribution in [-0.4, -0.2) is 25.4 Å². The van der Waals surface area contributed by atoms with Gasteiger partial charge in [-0.2, -0.15) is 5.10 Å². The van der Waals surface area contributed by atoms with E-state index in [0.29, 0.717) is 23.4 Å². The molecule has 3 aromatic rings. The van der Waals surface area contributed by atoms with E-state index in [1.165, 1.54) is 0 Å². The predicted octanol–water partition coefficient (Wildman–Crippen LogP) is 2.08. The second kappa shape index (κ2) is 5.41. The lowest BCUT2D eigenvalue weighted by atomic mass is 10.1. The third-order valence-corrected chi connectivity index (χ3v) is 3.51. The van der Waals surface area contributed by atoms with Gasteiger partial charge in [0.2, 0.25) is 0 Å². The maximum atomic E-state index is 10.1. The number of nitrogens with one attached hydrogen (secondary N) is 2. The molecule has 0 spiro atoms. The van der Waals surface area contributed by atoms with Gasteiger partial charge in [-0.3, -0.25) is 10.1 Å². The number of fused-ring (bicyclic) bond motifs is 1. The molecule has 2 heterocycles. The van der Waals surface area contributed by atoms with Crippen LogP contribution in [-0.2, 0) is 13.2 Å². The van der Waals surface area contributed by atoms with Gasteiger partial charge in [-0.25, -0.2) is 0 Å². The number of aromatic nitrogens is 3. The summed E-state index contributed by atoms with van der Waals surface area (Å²) in [7, 11) is 0. The van der Waals surface area contributed by atoms with Gasteiger partial charge < -0.3 is 15.5 Å². The summed E-state index contributed by atoms with van der Waals surface area (Å²) in [6.45, 7) is 1.98. The molecule has 6 heteroatoms. The fourth-order valence-electron chi connectivity index (χ4n) is 2.26. The van der Waals surface area contributed by atoms with Crippen LogP contribution in [0.3, 0.4) is 0 Å². The Morgan fingerprint density at radius 1 is 1.29 bits per heavy atom. The van der Waals surface area contributed by atoms with E-state index in [0.717, 1.165) is 16.6 Å². The summed E-state index contributed by atoms with van der Waals surface area (Å²) in [4.78, 5) is 4.05. The van der Waals surface area contributed by atoms with Crippen molar-refractivity contribution in [2.75, 3.05) is 5.32 Å². The molecular weight excluding hydrogens is 268 g/mol. The van der Waals surface area contributed by atoms with E-state index in [-0.39, 0.29) is 12.4 Å². The molecule has 3 rings (SSSR count). The first kappa shape index (κ1) is 13.4. The predicted molar refractivity (Wildman–Crippen MR) is 80.0 cm³/mol. The molecule has 0 aliphatic rings. The van der Waals surface area contributed by atoms with Crippen molar-refractivity contribution < 1.29 is 10.2 Å². The molecule has 0 radical (unpaired) electrons. The van der Waals surface area contributed by atoms with E-state index in [4.69, 9.17) is 0 Å². The maximum absolute atomic E-state index is 10.1. The van der Waals surface area contributed by atoms with Crippen LogP contribution >= 0.6 is 0 Å². The smallest absolute Gasteiger partial charge is 0.142 e. The van der Waals surface area contributed by atoms with Crippen molar-refractivity contribution >= 4 is 16.6 Å². The third-order valence-electron chi connectivity index (χ3n) is 3.51. The average molecular weight is 284 g/mol. The van der Waals surface area contributed by atoms with Crippen LogP contribution < -0.4 is 5.32 Å². The highest BCUT2D eigenvalue weighted by Gasteiger charge is 2.11. The zero-order valence-corrected chi connectivity index (χ0v) is 11.6. The summed E-state index contributed by atoms with van der Waals surface area (Å²) < 4.78 is 0. The van der Waals surface area contributed by atoms with E-state index in [1.807, 2.05) is 18.2 Å². The number of aliphatic hydroxyl groups is 1. The number of aliphatic hydroxyl groups excluding tert-OH is 1. The monoisotopic (exact) mass is 284 g/mol. The van der Waals surface area contributed by atoms with Gasteiger partial charge in [0.15, 0.2) is 0 Å². The standard InChI is InChI=1S/C15H16N4O2/c1-9-15(21)13(11(8-20)5-16-9)7-17-12-3-2-10-6-18-19-14(10)4-12/h2-6,17,20-21H,7-8H2,1H3,(H,18,19). The molecule has 4 N–H and O–H groups in total. The Bertz CT molecular complexity index is 782. The molecule has 0 unspecified atom stereocenters. The number of aromatic hydroxyl groups is 1. The Morgan fingerprint density at radius 3 is 2.95 bits per heavy atom. The van der Waals surface area contributed by atoms with Crippen LogP contribution in [0.25, 0.3) is 10.9 Å². The number of hydrogen-bond acceptors (Lipinski definition) is 5. The SMILES string of the molecule is Cc1ncc(CO)c(CNc2ccc3cn[nH]c3c2)c1O. The minimum Gasteiger partial charge on any atom is -0.506 e. The lowest BCUT2D eigenvalue weighted by Gasteiger charge is -2.13. The molecular formula is C15H16N4O2. The summed E-state index contributed by atoms with van der Waals surface area (Å²) in [6.07, 6.45) is 3.35. The first-order valence-electron chi connectivity index (χ1n) is 6.63. The molecule has 0 atom stereocenters. The van der Waals surface area contributed by atoms with Gasteiger partial charge in [-0.1, -0.05) is 0 Å². The zero-order chi connectivity index (χ0) is 14.8. The van der Waals surface area contributed by atoms with Crippen molar-refractivity contribution in [2.24, 2.45) is 0 Å². The number of benzene rings is 1. The van der Waals surface area contributed by atoms with Gasteiger partial charge >= 0.3 is 0 Å². The number of H-pyrrole nitrogens is 1. The number of aromatic amines is 1.